The standard InChI is InChI=1S/C13H17Br2F/c1-2-5-11(14)8-3-6-10-7-4-9-12(16)13(10)15/h4,7,9,11H,2-3,5-6,8H2,1H3. The van der Waals surface area contributed by atoms with Crippen LogP contribution in [-0.2, 0) is 6.42 Å². The highest BCUT2D eigenvalue weighted by molar-refractivity contribution is 9.10. The van der Waals surface area contributed by atoms with E-state index >= 15 is 0 Å². The molecule has 0 saturated carbocycles. The second kappa shape index (κ2) is 7.44. The van der Waals surface area contributed by atoms with Crippen LogP contribution in [0.4, 0.5) is 4.39 Å². The largest absolute Gasteiger partial charge is 0.206 e. The minimum Gasteiger partial charge on any atom is -0.206 e. The molecular weight excluding hydrogens is 335 g/mol. The fourth-order valence-electron chi connectivity index (χ4n) is 1.71. The fourth-order valence-corrected chi connectivity index (χ4v) is 2.96. The van der Waals surface area contributed by atoms with Gasteiger partial charge in [0.2, 0.25) is 0 Å². The maximum absolute atomic E-state index is 13.2. The fraction of sp³-hybridized carbons (Fsp3) is 0.538. The second-order valence-electron chi connectivity index (χ2n) is 3.99. The van der Waals surface area contributed by atoms with Crippen molar-refractivity contribution in [1.29, 1.82) is 0 Å². The SMILES string of the molecule is CCCC(Br)CCCc1cccc(F)c1Br. The molecule has 90 valence electrons. The molecule has 0 heterocycles. The van der Waals surface area contributed by atoms with Crippen molar-refractivity contribution in [2.75, 3.05) is 0 Å². The van der Waals surface area contributed by atoms with Gasteiger partial charge >= 0.3 is 0 Å². The number of rotatable bonds is 6. The van der Waals surface area contributed by atoms with Gasteiger partial charge in [0.25, 0.3) is 0 Å². The summed E-state index contributed by atoms with van der Waals surface area (Å²) < 4.78 is 13.9. The topological polar surface area (TPSA) is 0 Å². The van der Waals surface area contributed by atoms with Crippen LogP contribution >= 0.6 is 31.9 Å². The van der Waals surface area contributed by atoms with E-state index in [9.17, 15) is 4.39 Å². The van der Waals surface area contributed by atoms with E-state index in [4.69, 9.17) is 0 Å². The van der Waals surface area contributed by atoms with Crippen LogP contribution in [0.3, 0.4) is 0 Å². The summed E-state index contributed by atoms with van der Waals surface area (Å²) in [6, 6.07) is 5.24. The van der Waals surface area contributed by atoms with Crippen LogP contribution in [0.1, 0.15) is 38.2 Å². The van der Waals surface area contributed by atoms with Gasteiger partial charge in [-0.2, -0.15) is 0 Å². The van der Waals surface area contributed by atoms with Gasteiger partial charge in [0.1, 0.15) is 5.82 Å². The molecule has 0 N–H and O–H groups in total. The van der Waals surface area contributed by atoms with Gasteiger partial charge in [-0.1, -0.05) is 41.4 Å². The first kappa shape index (κ1) is 14.2. The van der Waals surface area contributed by atoms with Crippen LogP contribution in [0.5, 0.6) is 0 Å². The third-order valence-electron chi connectivity index (χ3n) is 2.60. The predicted molar refractivity (Wildman–Crippen MR) is 74.7 cm³/mol. The molecule has 0 aliphatic heterocycles. The smallest absolute Gasteiger partial charge is 0.137 e. The van der Waals surface area contributed by atoms with Gasteiger partial charge in [0.15, 0.2) is 0 Å². The average molecular weight is 352 g/mol. The van der Waals surface area contributed by atoms with Gasteiger partial charge in [-0.05, 0) is 53.2 Å². The molecule has 0 spiro atoms. The molecule has 0 bridgehead atoms. The highest BCUT2D eigenvalue weighted by atomic mass is 79.9. The van der Waals surface area contributed by atoms with Crippen molar-refractivity contribution in [3.8, 4) is 0 Å². The first-order chi connectivity index (χ1) is 7.65. The van der Waals surface area contributed by atoms with Gasteiger partial charge in [-0.15, -0.1) is 0 Å². The van der Waals surface area contributed by atoms with Crippen molar-refractivity contribution in [2.45, 2.75) is 43.9 Å². The molecule has 0 fully saturated rings. The maximum atomic E-state index is 13.2. The zero-order valence-corrected chi connectivity index (χ0v) is 12.7. The summed E-state index contributed by atoms with van der Waals surface area (Å²) in [5.41, 5.74) is 1.07. The van der Waals surface area contributed by atoms with Crippen LogP contribution in [0, 0.1) is 5.82 Å². The molecule has 0 aliphatic carbocycles. The van der Waals surface area contributed by atoms with E-state index in [2.05, 4.69) is 38.8 Å². The number of aryl methyl sites for hydroxylation is 1. The summed E-state index contributed by atoms with van der Waals surface area (Å²) >= 11 is 6.95. The second-order valence-corrected chi connectivity index (χ2v) is 6.08. The average Bonchev–Trinajstić information content (AvgIpc) is 2.25. The van der Waals surface area contributed by atoms with Crippen LogP contribution in [0.25, 0.3) is 0 Å². The molecule has 1 aromatic carbocycles. The monoisotopic (exact) mass is 350 g/mol. The van der Waals surface area contributed by atoms with Gasteiger partial charge in [0, 0.05) is 4.83 Å². The first-order valence-corrected chi connectivity index (χ1v) is 7.43. The van der Waals surface area contributed by atoms with Crippen molar-refractivity contribution in [2.24, 2.45) is 0 Å². The summed E-state index contributed by atoms with van der Waals surface area (Å²) in [5, 5.41) is 0. The van der Waals surface area contributed by atoms with Gasteiger partial charge in [0.05, 0.1) is 4.47 Å². The molecule has 1 aromatic rings. The molecule has 0 aromatic heterocycles. The lowest BCUT2D eigenvalue weighted by Gasteiger charge is -2.09. The van der Waals surface area contributed by atoms with Crippen LogP contribution in [-0.4, -0.2) is 4.83 Å². The van der Waals surface area contributed by atoms with E-state index in [1.54, 1.807) is 6.07 Å². The highest BCUT2D eigenvalue weighted by Gasteiger charge is 2.06. The van der Waals surface area contributed by atoms with E-state index in [-0.39, 0.29) is 5.82 Å². The Morgan fingerprint density at radius 2 is 2.06 bits per heavy atom. The molecule has 1 rings (SSSR count). The van der Waals surface area contributed by atoms with E-state index < -0.39 is 0 Å². The number of halogens is 3. The molecule has 0 nitrogen and oxygen atoms in total. The Morgan fingerprint density at radius 3 is 2.75 bits per heavy atom. The van der Waals surface area contributed by atoms with Gasteiger partial charge < -0.3 is 0 Å². The molecule has 3 heteroatoms. The van der Waals surface area contributed by atoms with Crippen LogP contribution < -0.4 is 0 Å². The Morgan fingerprint density at radius 1 is 1.31 bits per heavy atom. The number of alkyl halides is 1. The van der Waals surface area contributed by atoms with E-state index in [0.717, 1.165) is 24.8 Å². The third-order valence-corrected chi connectivity index (χ3v) is 4.40. The summed E-state index contributed by atoms with van der Waals surface area (Å²) in [7, 11) is 0. The Labute approximate surface area is 114 Å². The minimum atomic E-state index is -0.165. The Kier molecular flexibility index (Phi) is 6.59. The molecule has 0 aliphatic rings. The van der Waals surface area contributed by atoms with E-state index in [1.165, 1.54) is 18.9 Å². The maximum Gasteiger partial charge on any atom is 0.137 e. The molecule has 0 saturated heterocycles. The summed E-state index contributed by atoms with van der Waals surface area (Å²) in [6.07, 6.45) is 5.60. The van der Waals surface area contributed by atoms with Crippen molar-refractivity contribution >= 4 is 31.9 Å². The molecule has 1 atom stereocenters. The number of benzene rings is 1. The predicted octanol–water partition coefficient (Wildman–Crippen LogP) is 5.47. The molecular formula is C13H17Br2F. The first-order valence-electron chi connectivity index (χ1n) is 5.72. The van der Waals surface area contributed by atoms with Crippen molar-refractivity contribution < 1.29 is 4.39 Å². The van der Waals surface area contributed by atoms with Gasteiger partial charge in [-0.3, -0.25) is 0 Å². The Balaban J connectivity index is 2.40. The van der Waals surface area contributed by atoms with Crippen molar-refractivity contribution in [3.05, 3.63) is 34.1 Å². The quantitative estimate of drug-likeness (QED) is 0.595. The van der Waals surface area contributed by atoms with Crippen molar-refractivity contribution in [1.82, 2.24) is 0 Å². The van der Waals surface area contributed by atoms with Gasteiger partial charge in [-0.25, -0.2) is 4.39 Å². The highest BCUT2D eigenvalue weighted by Crippen LogP contribution is 2.23. The normalized spacial score (nSPS) is 12.8. The van der Waals surface area contributed by atoms with Crippen molar-refractivity contribution in [3.63, 3.8) is 0 Å². The van der Waals surface area contributed by atoms with E-state index in [0.29, 0.717) is 9.30 Å². The summed E-state index contributed by atoms with van der Waals surface area (Å²) in [5.74, 6) is -0.165. The molecule has 16 heavy (non-hydrogen) atoms. The van der Waals surface area contributed by atoms with Crippen LogP contribution in [0.15, 0.2) is 22.7 Å². The molecule has 0 radical (unpaired) electrons. The molecule has 0 amide bonds. The zero-order valence-electron chi connectivity index (χ0n) is 9.48. The number of hydrogen-bond acceptors (Lipinski definition) is 0. The lowest BCUT2D eigenvalue weighted by Crippen LogP contribution is -1.98. The van der Waals surface area contributed by atoms with E-state index in [1.807, 2.05) is 6.07 Å². The zero-order chi connectivity index (χ0) is 12.0. The Bertz CT molecular complexity index is 326. The summed E-state index contributed by atoms with van der Waals surface area (Å²) in [6.45, 7) is 2.19. The third kappa shape index (κ3) is 4.54. The summed E-state index contributed by atoms with van der Waals surface area (Å²) in [4.78, 5) is 0.602. The minimum absolute atomic E-state index is 0.165. The lowest BCUT2D eigenvalue weighted by atomic mass is 10.1. The van der Waals surface area contributed by atoms with Crippen LogP contribution in [0.2, 0.25) is 0 Å². The Hall–Kier alpha value is 0.110. The molecule has 1 unspecified atom stereocenters. The lowest BCUT2D eigenvalue weighted by molar-refractivity contribution is 0.613. The number of hydrogen-bond donors (Lipinski definition) is 0.